The molecule has 0 aliphatic rings. The molecule has 7 nitrogen and oxygen atoms in total. The number of alkyl halides is 3. The third kappa shape index (κ3) is 4.75. The Hall–Kier alpha value is -3.66. The van der Waals surface area contributed by atoms with E-state index in [4.69, 9.17) is 11.6 Å². The van der Waals surface area contributed by atoms with Gasteiger partial charge in [0.15, 0.2) is 5.65 Å². The van der Waals surface area contributed by atoms with Gasteiger partial charge < -0.3 is 10.6 Å². The third-order valence-electron chi connectivity index (χ3n) is 4.44. The zero-order valence-corrected chi connectivity index (χ0v) is 16.4. The Labute approximate surface area is 178 Å². The van der Waals surface area contributed by atoms with Crippen LogP contribution in [0.1, 0.15) is 16.8 Å². The molecule has 2 aromatic carbocycles. The van der Waals surface area contributed by atoms with E-state index in [1.807, 2.05) is 12.1 Å². The fourth-order valence-corrected chi connectivity index (χ4v) is 3.19. The van der Waals surface area contributed by atoms with E-state index in [1.54, 1.807) is 18.3 Å². The molecule has 0 fully saturated rings. The highest BCUT2D eigenvalue weighted by atomic mass is 35.5. The van der Waals surface area contributed by atoms with Crippen molar-refractivity contribution in [2.24, 2.45) is 0 Å². The zero-order valence-electron chi connectivity index (χ0n) is 15.7. The van der Waals surface area contributed by atoms with Gasteiger partial charge in [0, 0.05) is 17.8 Å². The molecule has 31 heavy (non-hydrogen) atoms. The number of urea groups is 1. The number of rotatable bonds is 4. The lowest BCUT2D eigenvalue weighted by atomic mass is 10.1. The van der Waals surface area contributed by atoms with E-state index in [9.17, 15) is 18.0 Å². The minimum absolute atomic E-state index is 0.0289. The maximum Gasteiger partial charge on any atom is 0.417 e. The van der Waals surface area contributed by atoms with E-state index in [0.717, 1.165) is 28.8 Å². The second kappa shape index (κ2) is 8.23. The molecule has 3 N–H and O–H groups in total. The van der Waals surface area contributed by atoms with Gasteiger partial charge in [0.25, 0.3) is 0 Å². The number of benzene rings is 2. The highest BCUT2D eigenvalue weighted by Gasteiger charge is 2.33. The van der Waals surface area contributed by atoms with Crippen molar-refractivity contribution in [1.82, 2.24) is 20.2 Å². The van der Waals surface area contributed by atoms with Gasteiger partial charge in [-0.05, 0) is 35.9 Å². The summed E-state index contributed by atoms with van der Waals surface area (Å²) in [6.07, 6.45) is -0.966. The minimum atomic E-state index is -4.62. The normalized spacial score (nSPS) is 11.5. The molecular weight excluding hydrogens is 433 g/mol. The molecule has 0 saturated carbocycles. The first-order valence-corrected chi connectivity index (χ1v) is 9.34. The van der Waals surface area contributed by atoms with Gasteiger partial charge in [0.05, 0.1) is 27.9 Å². The number of aromatic nitrogens is 4. The topological polar surface area (TPSA) is 95.6 Å². The van der Waals surface area contributed by atoms with E-state index < -0.39 is 22.8 Å². The van der Waals surface area contributed by atoms with E-state index in [0.29, 0.717) is 17.8 Å². The molecular formula is C20H14ClF3N6O. The molecule has 2 heterocycles. The van der Waals surface area contributed by atoms with E-state index >= 15 is 0 Å². The van der Waals surface area contributed by atoms with Crippen LogP contribution in [0, 0.1) is 0 Å². The Morgan fingerprint density at radius 3 is 2.48 bits per heavy atom. The number of fused-ring (bicyclic) bond motifs is 1. The maximum absolute atomic E-state index is 12.9. The van der Waals surface area contributed by atoms with Gasteiger partial charge >= 0.3 is 12.2 Å². The van der Waals surface area contributed by atoms with Crippen LogP contribution >= 0.6 is 11.6 Å². The summed E-state index contributed by atoms with van der Waals surface area (Å²) in [6.45, 7) is 0. The number of halogens is 4. The van der Waals surface area contributed by atoms with Crippen LogP contribution in [0.15, 0.2) is 55.0 Å². The third-order valence-corrected chi connectivity index (χ3v) is 4.77. The molecule has 0 bridgehead atoms. The number of carbonyl (C=O) groups is 1. The predicted octanol–water partition coefficient (Wildman–Crippen LogP) is 5.26. The molecule has 4 rings (SSSR count). The van der Waals surface area contributed by atoms with Crippen LogP contribution < -0.4 is 10.6 Å². The number of nitrogens with one attached hydrogen (secondary N) is 3. The summed E-state index contributed by atoms with van der Waals surface area (Å²) in [5, 5.41) is 12.1. The van der Waals surface area contributed by atoms with Crippen LogP contribution in [0.4, 0.5) is 29.3 Å². The lowest BCUT2D eigenvalue weighted by Crippen LogP contribution is -2.20. The minimum Gasteiger partial charge on any atom is -0.308 e. The van der Waals surface area contributed by atoms with Gasteiger partial charge in [-0.1, -0.05) is 23.7 Å². The van der Waals surface area contributed by atoms with Crippen molar-refractivity contribution < 1.29 is 18.0 Å². The monoisotopic (exact) mass is 446 g/mol. The van der Waals surface area contributed by atoms with Crippen LogP contribution in [0.3, 0.4) is 0 Å². The van der Waals surface area contributed by atoms with Gasteiger partial charge in [0.2, 0.25) is 0 Å². The van der Waals surface area contributed by atoms with Crippen molar-refractivity contribution in [1.29, 1.82) is 0 Å². The highest BCUT2D eigenvalue weighted by Crippen LogP contribution is 2.36. The van der Waals surface area contributed by atoms with E-state index in [-0.39, 0.29) is 5.69 Å². The van der Waals surface area contributed by atoms with Crippen molar-refractivity contribution in [3.8, 4) is 0 Å². The fraction of sp³-hybridized carbons (Fsp3) is 0.100. The fourth-order valence-electron chi connectivity index (χ4n) is 2.97. The summed E-state index contributed by atoms with van der Waals surface area (Å²) >= 11 is 5.58. The quantitative estimate of drug-likeness (QED) is 0.398. The van der Waals surface area contributed by atoms with E-state index in [1.165, 1.54) is 12.4 Å². The number of hydrogen-bond acceptors (Lipinski definition) is 4. The number of amides is 2. The van der Waals surface area contributed by atoms with Gasteiger partial charge in [0.1, 0.15) is 6.33 Å². The van der Waals surface area contributed by atoms with Crippen LogP contribution in [-0.2, 0) is 12.6 Å². The second-order valence-electron chi connectivity index (χ2n) is 6.60. The molecule has 0 atom stereocenters. The van der Waals surface area contributed by atoms with Crippen molar-refractivity contribution in [3.63, 3.8) is 0 Å². The molecule has 0 aliphatic carbocycles. The van der Waals surface area contributed by atoms with Gasteiger partial charge in [-0.3, -0.25) is 5.10 Å². The summed E-state index contributed by atoms with van der Waals surface area (Å²) in [5.74, 6) is 0. The maximum atomic E-state index is 12.9. The van der Waals surface area contributed by atoms with Gasteiger partial charge in [-0.2, -0.15) is 18.3 Å². The summed E-state index contributed by atoms with van der Waals surface area (Å²) in [5.41, 5.74) is 1.82. The smallest absolute Gasteiger partial charge is 0.308 e. The van der Waals surface area contributed by atoms with Crippen LogP contribution in [0.5, 0.6) is 0 Å². The largest absolute Gasteiger partial charge is 0.417 e. The lowest BCUT2D eigenvalue weighted by Gasteiger charge is -2.12. The number of anilines is 2. The van der Waals surface area contributed by atoms with Crippen LogP contribution in [-0.4, -0.2) is 26.2 Å². The van der Waals surface area contributed by atoms with E-state index in [2.05, 4.69) is 30.8 Å². The first-order valence-electron chi connectivity index (χ1n) is 8.96. The average molecular weight is 447 g/mol. The van der Waals surface area contributed by atoms with Crippen molar-refractivity contribution in [2.45, 2.75) is 12.6 Å². The molecule has 158 valence electrons. The van der Waals surface area contributed by atoms with Crippen molar-refractivity contribution in [2.75, 3.05) is 10.6 Å². The lowest BCUT2D eigenvalue weighted by molar-refractivity contribution is -0.137. The van der Waals surface area contributed by atoms with Crippen molar-refractivity contribution >= 4 is 40.0 Å². The molecule has 2 amide bonds. The molecule has 2 aromatic heterocycles. The van der Waals surface area contributed by atoms with Crippen molar-refractivity contribution in [3.05, 3.63) is 76.8 Å². The molecule has 0 radical (unpaired) electrons. The Morgan fingerprint density at radius 1 is 1.03 bits per heavy atom. The Bertz CT molecular complexity index is 1240. The SMILES string of the molecule is O=C(Nc1ccc(Cc2ncnc3[nH]ncc23)cc1)Nc1ccc(Cl)c(C(F)(F)F)c1. The molecule has 4 aromatic rings. The zero-order chi connectivity index (χ0) is 22.0. The summed E-state index contributed by atoms with van der Waals surface area (Å²) in [4.78, 5) is 20.5. The first kappa shape index (κ1) is 20.6. The Balaban J connectivity index is 1.41. The average Bonchev–Trinajstić information content (AvgIpc) is 3.20. The number of nitrogens with zero attached hydrogens (tertiary/aromatic N) is 3. The first-order chi connectivity index (χ1) is 14.8. The van der Waals surface area contributed by atoms with Crippen LogP contribution in [0.25, 0.3) is 11.0 Å². The molecule has 0 unspecified atom stereocenters. The Kier molecular flexibility index (Phi) is 5.47. The number of carbonyl (C=O) groups excluding carboxylic acids is 1. The molecule has 11 heteroatoms. The van der Waals surface area contributed by atoms with Gasteiger partial charge in [-0.15, -0.1) is 0 Å². The summed E-state index contributed by atoms with van der Waals surface area (Å²) in [6, 6.07) is 9.47. The molecule has 0 spiro atoms. The number of hydrogen-bond donors (Lipinski definition) is 3. The molecule has 0 saturated heterocycles. The van der Waals surface area contributed by atoms with Gasteiger partial charge in [-0.25, -0.2) is 14.8 Å². The predicted molar refractivity (Wildman–Crippen MR) is 110 cm³/mol. The molecule has 0 aliphatic heterocycles. The highest BCUT2D eigenvalue weighted by molar-refractivity contribution is 6.31. The standard InChI is InChI=1S/C20H14ClF3N6O/c21-16-6-5-13(8-15(16)20(22,23)24)29-19(31)28-12-3-1-11(2-4-12)7-17-14-9-27-30-18(14)26-10-25-17/h1-6,8-10H,7H2,(H2,28,29,31)(H,25,26,27,30). The number of H-pyrrole nitrogens is 1. The number of aromatic amines is 1. The summed E-state index contributed by atoms with van der Waals surface area (Å²) in [7, 11) is 0. The second-order valence-corrected chi connectivity index (χ2v) is 7.01. The van der Waals surface area contributed by atoms with Crippen LogP contribution in [0.2, 0.25) is 5.02 Å². The summed E-state index contributed by atoms with van der Waals surface area (Å²) < 4.78 is 38.8. The Morgan fingerprint density at radius 2 is 1.74 bits per heavy atom.